The van der Waals surface area contributed by atoms with E-state index in [0.29, 0.717) is 16.6 Å². The zero-order chi connectivity index (χ0) is 14.4. The summed E-state index contributed by atoms with van der Waals surface area (Å²) in [7, 11) is 0. The second-order valence-corrected chi connectivity index (χ2v) is 4.82. The molecule has 20 heavy (non-hydrogen) atoms. The summed E-state index contributed by atoms with van der Waals surface area (Å²) in [6.45, 7) is 3.89. The van der Waals surface area contributed by atoms with Gasteiger partial charge in [0.1, 0.15) is 5.65 Å². The van der Waals surface area contributed by atoms with Crippen LogP contribution in [0, 0.1) is 13.8 Å². The van der Waals surface area contributed by atoms with Crippen LogP contribution in [0.2, 0.25) is 0 Å². The van der Waals surface area contributed by atoms with Crippen molar-refractivity contribution in [2.75, 3.05) is 0 Å². The number of carbonyl (C=O) groups is 1. The van der Waals surface area contributed by atoms with Gasteiger partial charge in [0.05, 0.1) is 16.5 Å². The molecule has 0 bridgehead atoms. The van der Waals surface area contributed by atoms with E-state index in [9.17, 15) is 9.59 Å². The molecule has 0 saturated heterocycles. The largest absolute Gasteiger partial charge is 0.478 e. The average Bonchev–Trinajstić information content (AvgIpc) is 2.41. The summed E-state index contributed by atoms with van der Waals surface area (Å²) in [5, 5.41) is 9.49. The van der Waals surface area contributed by atoms with Crippen LogP contribution in [0.1, 0.15) is 21.5 Å². The molecule has 2 aromatic heterocycles. The number of aromatic nitrogens is 2. The highest BCUT2D eigenvalue weighted by molar-refractivity contribution is 5.88. The Morgan fingerprint density at radius 2 is 1.90 bits per heavy atom. The van der Waals surface area contributed by atoms with Gasteiger partial charge < -0.3 is 5.11 Å². The van der Waals surface area contributed by atoms with Crippen molar-refractivity contribution in [1.82, 2.24) is 9.38 Å². The first kappa shape index (κ1) is 12.3. The second kappa shape index (κ2) is 4.16. The molecule has 3 aromatic rings. The maximum absolute atomic E-state index is 12.5. The molecule has 5 heteroatoms. The molecule has 0 radical (unpaired) electrons. The topological polar surface area (TPSA) is 71.7 Å². The lowest BCUT2D eigenvalue weighted by Crippen LogP contribution is -2.16. The van der Waals surface area contributed by atoms with Gasteiger partial charge in [-0.15, -0.1) is 0 Å². The van der Waals surface area contributed by atoms with E-state index in [0.717, 1.165) is 11.1 Å². The quantitative estimate of drug-likeness (QED) is 0.686. The number of hydrogen-bond donors (Lipinski definition) is 1. The van der Waals surface area contributed by atoms with Crippen molar-refractivity contribution >= 4 is 22.5 Å². The number of pyridine rings is 1. The molecular formula is C15H12N2O3. The Balaban J connectivity index is 2.48. The molecule has 100 valence electrons. The molecule has 0 unspecified atom stereocenters. The molecule has 3 rings (SSSR count). The lowest BCUT2D eigenvalue weighted by Gasteiger charge is -2.06. The van der Waals surface area contributed by atoms with Gasteiger partial charge in [-0.05, 0) is 49.2 Å². The molecule has 0 fully saturated rings. The Bertz CT molecular complexity index is 926. The van der Waals surface area contributed by atoms with E-state index in [1.165, 1.54) is 16.7 Å². The van der Waals surface area contributed by atoms with E-state index in [-0.39, 0.29) is 11.1 Å². The Morgan fingerprint density at radius 3 is 2.60 bits per heavy atom. The van der Waals surface area contributed by atoms with E-state index < -0.39 is 5.97 Å². The van der Waals surface area contributed by atoms with E-state index in [1.807, 2.05) is 19.9 Å². The molecule has 0 aliphatic carbocycles. The first-order chi connectivity index (χ1) is 9.47. The smallest absolute Gasteiger partial charge is 0.337 e. The maximum Gasteiger partial charge on any atom is 0.337 e. The highest BCUT2D eigenvalue weighted by Crippen LogP contribution is 2.16. The highest BCUT2D eigenvalue weighted by Gasteiger charge is 2.10. The third-order valence-electron chi connectivity index (χ3n) is 3.47. The lowest BCUT2D eigenvalue weighted by atomic mass is 10.1. The van der Waals surface area contributed by atoms with Gasteiger partial charge in [-0.2, -0.15) is 0 Å². The van der Waals surface area contributed by atoms with E-state index in [1.54, 1.807) is 12.1 Å². The zero-order valence-corrected chi connectivity index (χ0v) is 11.0. The predicted molar refractivity (Wildman–Crippen MR) is 75.4 cm³/mol. The third-order valence-corrected chi connectivity index (χ3v) is 3.47. The van der Waals surface area contributed by atoms with Crippen LogP contribution in [0.3, 0.4) is 0 Å². The fourth-order valence-electron chi connectivity index (χ4n) is 2.19. The number of carboxylic acids is 1. The fraction of sp³-hybridized carbons (Fsp3) is 0.133. The Hall–Kier alpha value is -2.69. The lowest BCUT2D eigenvalue weighted by molar-refractivity contribution is 0.0696. The Labute approximate surface area is 114 Å². The number of aryl methyl sites for hydroxylation is 2. The van der Waals surface area contributed by atoms with Gasteiger partial charge in [0, 0.05) is 6.20 Å². The Morgan fingerprint density at radius 1 is 1.20 bits per heavy atom. The zero-order valence-electron chi connectivity index (χ0n) is 11.0. The van der Waals surface area contributed by atoms with Crippen LogP contribution in [0.25, 0.3) is 16.6 Å². The number of carboxylic acid groups (broad SMARTS) is 1. The van der Waals surface area contributed by atoms with Crippen molar-refractivity contribution in [3.05, 3.63) is 57.5 Å². The van der Waals surface area contributed by atoms with Crippen molar-refractivity contribution in [2.24, 2.45) is 0 Å². The molecule has 0 aliphatic heterocycles. The van der Waals surface area contributed by atoms with E-state index >= 15 is 0 Å². The summed E-state index contributed by atoms with van der Waals surface area (Å²) in [6.07, 6.45) is 1.31. The molecule has 0 spiro atoms. The molecule has 0 saturated carbocycles. The first-order valence-corrected chi connectivity index (χ1v) is 6.14. The SMILES string of the molecule is Cc1cc2nc3ccc(C(=O)O)cn3c(=O)c2cc1C. The van der Waals surface area contributed by atoms with Crippen molar-refractivity contribution < 1.29 is 9.90 Å². The minimum Gasteiger partial charge on any atom is -0.478 e. The van der Waals surface area contributed by atoms with Gasteiger partial charge in [0.25, 0.3) is 5.56 Å². The van der Waals surface area contributed by atoms with Crippen molar-refractivity contribution in [3.63, 3.8) is 0 Å². The number of aromatic carboxylic acids is 1. The standard InChI is InChI=1S/C15H12N2O3/c1-8-5-11-12(6-9(8)2)16-13-4-3-10(15(19)20)7-17(13)14(11)18/h3-7H,1-2H3,(H,19,20). The van der Waals surface area contributed by atoms with Gasteiger partial charge in [0.15, 0.2) is 0 Å². The predicted octanol–water partition coefficient (Wildman–Crippen LogP) is 2.16. The molecule has 0 amide bonds. The van der Waals surface area contributed by atoms with Crippen molar-refractivity contribution in [2.45, 2.75) is 13.8 Å². The summed E-state index contributed by atoms with van der Waals surface area (Å²) in [5.74, 6) is -1.07. The van der Waals surface area contributed by atoms with Crippen LogP contribution < -0.4 is 5.56 Å². The molecule has 0 atom stereocenters. The molecule has 5 nitrogen and oxygen atoms in total. The summed E-state index contributed by atoms with van der Waals surface area (Å²) in [4.78, 5) is 27.8. The normalized spacial score (nSPS) is 11.1. The fourth-order valence-corrected chi connectivity index (χ4v) is 2.19. The van der Waals surface area contributed by atoms with Gasteiger partial charge in [0.2, 0.25) is 0 Å². The number of rotatable bonds is 1. The van der Waals surface area contributed by atoms with Crippen LogP contribution in [0.5, 0.6) is 0 Å². The average molecular weight is 268 g/mol. The van der Waals surface area contributed by atoms with E-state index in [2.05, 4.69) is 4.98 Å². The minimum absolute atomic E-state index is 0.0598. The first-order valence-electron chi connectivity index (χ1n) is 6.14. The Kier molecular flexibility index (Phi) is 2.57. The summed E-state index contributed by atoms with van der Waals surface area (Å²) >= 11 is 0. The molecule has 1 aromatic carbocycles. The molecule has 0 aliphatic rings. The van der Waals surface area contributed by atoms with E-state index in [4.69, 9.17) is 5.11 Å². The van der Waals surface area contributed by atoms with Crippen LogP contribution in [0.4, 0.5) is 0 Å². The third kappa shape index (κ3) is 1.75. The van der Waals surface area contributed by atoms with Gasteiger partial charge in [-0.25, -0.2) is 9.78 Å². The minimum atomic E-state index is -1.07. The van der Waals surface area contributed by atoms with Crippen LogP contribution in [-0.2, 0) is 0 Å². The number of nitrogens with zero attached hydrogens (tertiary/aromatic N) is 2. The number of hydrogen-bond acceptors (Lipinski definition) is 3. The van der Waals surface area contributed by atoms with Crippen molar-refractivity contribution in [1.29, 1.82) is 0 Å². The van der Waals surface area contributed by atoms with Gasteiger partial charge in [-0.1, -0.05) is 0 Å². The summed E-state index contributed by atoms with van der Waals surface area (Å²) in [6, 6.07) is 6.65. The summed E-state index contributed by atoms with van der Waals surface area (Å²) < 4.78 is 1.28. The molecular weight excluding hydrogens is 256 g/mol. The van der Waals surface area contributed by atoms with Crippen molar-refractivity contribution in [3.8, 4) is 0 Å². The molecule has 1 N–H and O–H groups in total. The van der Waals surface area contributed by atoms with Gasteiger partial charge >= 0.3 is 5.97 Å². The number of benzene rings is 1. The van der Waals surface area contributed by atoms with Gasteiger partial charge in [-0.3, -0.25) is 9.20 Å². The van der Waals surface area contributed by atoms with Crippen LogP contribution >= 0.6 is 0 Å². The summed E-state index contributed by atoms with van der Waals surface area (Å²) in [5.41, 5.74) is 2.94. The number of fused-ring (bicyclic) bond motifs is 2. The van der Waals surface area contributed by atoms with Crippen LogP contribution in [-0.4, -0.2) is 20.5 Å². The van der Waals surface area contributed by atoms with Crippen LogP contribution in [0.15, 0.2) is 35.3 Å². The maximum atomic E-state index is 12.5. The monoisotopic (exact) mass is 268 g/mol. The highest BCUT2D eigenvalue weighted by atomic mass is 16.4. The molecule has 2 heterocycles. The second-order valence-electron chi connectivity index (χ2n) is 4.82.